The first-order valence-electron chi connectivity index (χ1n) is 17.5. The molecule has 4 aromatic rings. The van der Waals surface area contributed by atoms with Crippen LogP contribution >= 0.6 is 23.5 Å². The first kappa shape index (κ1) is 36.9. The van der Waals surface area contributed by atoms with E-state index in [4.69, 9.17) is 21.1 Å². The predicted molar refractivity (Wildman–Crippen MR) is 199 cm³/mol. The van der Waals surface area contributed by atoms with Crippen molar-refractivity contribution in [2.24, 2.45) is 0 Å². The van der Waals surface area contributed by atoms with Crippen LogP contribution in [0.15, 0.2) is 89.8 Å². The number of ether oxygens (including phenoxy) is 2. The molecule has 0 aromatic heterocycles. The van der Waals surface area contributed by atoms with Gasteiger partial charge in [0.15, 0.2) is 6.04 Å². The van der Waals surface area contributed by atoms with Gasteiger partial charge >= 0.3 is 6.09 Å². The van der Waals surface area contributed by atoms with Crippen LogP contribution in [0.3, 0.4) is 0 Å². The number of alkyl halides is 2. The van der Waals surface area contributed by atoms with Gasteiger partial charge in [-0.3, -0.25) is 4.79 Å². The van der Waals surface area contributed by atoms with Crippen molar-refractivity contribution in [2.75, 3.05) is 13.1 Å². The Kier molecular flexibility index (Phi) is 11.4. The molecular weight excluding hydrogens is 692 g/mol. The molecule has 2 amide bonds. The van der Waals surface area contributed by atoms with Gasteiger partial charge in [-0.15, -0.1) is 0 Å². The van der Waals surface area contributed by atoms with E-state index in [1.54, 1.807) is 45.0 Å². The van der Waals surface area contributed by atoms with Crippen molar-refractivity contribution in [1.82, 2.24) is 14.9 Å². The maximum Gasteiger partial charge on any atom is 0.407 e. The van der Waals surface area contributed by atoms with Crippen LogP contribution in [0.25, 0.3) is 21.9 Å². The Labute approximate surface area is 307 Å². The van der Waals surface area contributed by atoms with Gasteiger partial charge in [0.05, 0.1) is 6.10 Å². The lowest BCUT2D eigenvalue weighted by Gasteiger charge is -2.36. The molecule has 1 saturated carbocycles. The fourth-order valence-corrected chi connectivity index (χ4v) is 7.49. The van der Waals surface area contributed by atoms with Gasteiger partial charge < -0.3 is 19.7 Å². The van der Waals surface area contributed by atoms with Gasteiger partial charge in [-0.1, -0.05) is 60.1 Å². The molecule has 1 atom stereocenters. The third kappa shape index (κ3) is 9.53. The molecule has 2 fully saturated rings. The standard InChI is InChI=1S/C40H44ClF2N3O4S/c1-39(2,3)50-38(48)44-32-20-22-46(23-21-32)37(47)36(40(42,43)30-14-8-26(9-15-30)27-10-16-31(41)17-11-27)45-51-35-19-13-28-24-34(18-12-29(28)25-35)49-33-6-4-5-7-33/h8-19,24-25,32-33,36,45H,4-7,20-23H2,1-3H3,(H,44,48). The minimum absolute atomic E-state index is 0.217. The van der Waals surface area contributed by atoms with E-state index in [9.17, 15) is 9.59 Å². The molecule has 11 heteroatoms. The Bertz CT molecular complexity index is 1820. The quantitative estimate of drug-likeness (QED) is 0.158. The fraction of sp³-hybridized carbons (Fsp3) is 0.400. The van der Waals surface area contributed by atoms with Crippen LogP contribution in [0.2, 0.25) is 5.02 Å². The lowest BCUT2D eigenvalue weighted by atomic mass is 9.96. The van der Waals surface area contributed by atoms with E-state index < -0.39 is 29.6 Å². The number of carbonyl (C=O) groups is 2. The van der Waals surface area contributed by atoms with Crippen molar-refractivity contribution in [3.63, 3.8) is 0 Å². The van der Waals surface area contributed by atoms with E-state index in [1.165, 1.54) is 29.9 Å². The molecule has 51 heavy (non-hydrogen) atoms. The van der Waals surface area contributed by atoms with E-state index in [0.29, 0.717) is 22.8 Å². The van der Waals surface area contributed by atoms with Crippen molar-refractivity contribution in [3.8, 4) is 16.9 Å². The molecule has 7 nitrogen and oxygen atoms in total. The molecule has 1 aliphatic carbocycles. The zero-order chi connectivity index (χ0) is 36.2. The fourth-order valence-electron chi connectivity index (χ4n) is 6.54. The third-order valence-electron chi connectivity index (χ3n) is 9.27. The van der Waals surface area contributed by atoms with Gasteiger partial charge in [0.2, 0.25) is 5.91 Å². The van der Waals surface area contributed by atoms with Gasteiger partial charge in [0.1, 0.15) is 11.4 Å². The zero-order valence-electron chi connectivity index (χ0n) is 29.1. The lowest BCUT2D eigenvalue weighted by molar-refractivity contribution is -0.145. The van der Waals surface area contributed by atoms with Crippen LogP contribution in [-0.2, 0) is 15.5 Å². The number of benzene rings is 4. The Morgan fingerprint density at radius 2 is 1.45 bits per heavy atom. The Morgan fingerprint density at radius 1 is 0.843 bits per heavy atom. The molecular formula is C40H44ClF2N3O4S. The highest BCUT2D eigenvalue weighted by molar-refractivity contribution is 7.97. The third-order valence-corrected chi connectivity index (χ3v) is 10.4. The van der Waals surface area contributed by atoms with Crippen LogP contribution in [0.5, 0.6) is 5.75 Å². The number of amides is 2. The minimum Gasteiger partial charge on any atom is -0.490 e. The van der Waals surface area contributed by atoms with E-state index in [-0.39, 0.29) is 30.8 Å². The topological polar surface area (TPSA) is 79.9 Å². The summed E-state index contributed by atoms with van der Waals surface area (Å²) in [5.41, 5.74) is 0.671. The first-order chi connectivity index (χ1) is 24.3. The number of nitrogens with one attached hydrogen (secondary N) is 2. The van der Waals surface area contributed by atoms with Crippen molar-refractivity contribution >= 4 is 46.3 Å². The summed E-state index contributed by atoms with van der Waals surface area (Å²) in [6.45, 7) is 5.78. The molecule has 0 radical (unpaired) electrons. The van der Waals surface area contributed by atoms with Crippen molar-refractivity contribution < 1.29 is 27.8 Å². The van der Waals surface area contributed by atoms with Gasteiger partial charge in [0, 0.05) is 34.6 Å². The van der Waals surface area contributed by atoms with E-state index >= 15 is 8.78 Å². The molecule has 0 spiro atoms. The second-order valence-corrected chi connectivity index (χ2v) is 15.6. The monoisotopic (exact) mass is 735 g/mol. The molecule has 4 aromatic carbocycles. The Balaban J connectivity index is 1.19. The molecule has 6 rings (SSSR count). The van der Waals surface area contributed by atoms with Crippen LogP contribution in [0, 0.1) is 0 Å². The van der Waals surface area contributed by atoms with Crippen molar-refractivity contribution in [1.29, 1.82) is 0 Å². The lowest BCUT2D eigenvalue weighted by Crippen LogP contribution is -2.56. The van der Waals surface area contributed by atoms with Crippen molar-refractivity contribution in [2.45, 2.75) is 93.9 Å². The van der Waals surface area contributed by atoms with E-state index in [0.717, 1.165) is 52.4 Å². The maximum atomic E-state index is 16.6. The second kappa shape index (κ2) is 15.8. The summed E-state index contributed by atoms with van der Waals surface area (Å²) in [6, 6.07) is 22.7. The summed E-state index contributed by atoms with van der Waals surface area (Å²) in [5.74, 6) is -3.44. The Morgan fingerprint density at radius 3 is 2.10 bits per heavy atom. The molecule has 1 saturated heterocycles. The van der Waals surface area contributed by atoms with Gasteiger partial charge in [0.25, 0.3) is 5.92 Å². The largest absolute Gasteiger partial charge is 0.490 e. The zero-order valence-corrected chi connectivity index (χ0v) is 30.7. The van der Waals surface area contributed by atoms with Crippen LogP contribution in [0.4, 0.5) is 13.6 Å². The summed E-state index contributed by atoms with van der Waals surface area (Å²) >= 11 is 7.04. The molecule has 2 aliphatic rings. The van der Waals surface area contributed by atoms with Crippen LogP contribution in [-0.4, -0.2) is 53.8 Å². The molecule has 2 N–H and O–H groups in total. The number of hydrogen-bond donors (Lipinski definition) is 2. The number of likely N-dealkylation sites (tertiary alicyclic amines) is 1. The predicted octanol–water partition coefficient (Wildman–Crippen LogP) is 9.75. The van der Waals surface area contributed by atoms with E-state index in [1.807, 2.05) is 48.5 Å². The second-order valence-electron chi connectivity index (χ2n) is 14.3. The van der Waals surface area contributed by atoms with E-state index in [2.05, 4.69) is 10.0 Å². The summed E-state index contributed by atoms with van der Waals surface area (Å²) in [4.78, 5) is 28.5. The number of nitrogens with zero attached hydrogens (tertiary/aromatic N) is 1. The summed E-state index contributed by atoms with van der Waals surface area (Å²) in [5, 5.41) is 5.35. The number of alkyl carbamates (subject to hydrolysis) is 1. The maximum absolute atomic E-state index is 16.6. The molecule has 1 aliphatic heterocycles. The van der Waals surface area contributed by atoms with Gasteiger partial charge in [-0.25, -0.2) is 9.52 Å². The Hall–Kier alpha value is -3.86. The average molecular weight is 736 g/mol. The first-order valence-corrected chi connectivity index (χ1v) is 18.7. The summed E-state index contributed by atoms with van der Waals surface area (Å²) < 4.78 is 47.5. The highest BCUT2D eigenvalue weighted by Gasteiger charge is 2.48. The van der Waals surface area contributed by atoms with Crippen LogP contribution in [0.1, 0.15) is 64.9 Å². The highest BCUT2D eigenvalue weighted by Crippen LogP contribution is 2.37. The van der Waals surface area contributed by atoms with Crippen molar-refractivity contribution in [3.05, 3.63) is 95.5 Å². The number of hydrogen-bond acceptors (Lipinski definition) is 6. The molecule has 0 bridgehead atoms. The van der Waals surface area contributed by atoms with Crippen LogP contribution < -0.4 is 14.8 Å². The SMILES string of the molecule is CC(C)(C)OC(=O)NC1CCN(C(=O)C(NSc2ccc3cc(OC4CCCC4)ccc3c2)C(F)(F)c2ccc(-c3ccc(Cl)cc3)cc2)CC1. The number of fused-ring (bicyclic) bond motifs is 1. The summed E-state index contributed by atoms with van der Waals surface area (Å²) in [6.07, 6.45) is 5.06. The smallest absolute Gasteiger partial charge is 0.407 e. The normalized spacial score (nSPS) is 16.6. The number of rotatable bonds is 10. The average Bonchev–Trinajstić information content (AvgIpc) is 3.61. The van der Waals surface area contributed by atoms with Gasteiger partial charge in [-0.05, 0) is 130 Å². The van der Waals surface area contributed by atoms with Gasteiger partial charge in [-0.2, -0.15) is 8.78 Å². The summed E-state index contributed by atoms with van der Waals surface area (Å²) in [7, 11) is 0. The minimum atomic E-state index is -3.56. The number of piperidine rings is 1. The highest BCUT2D eigenvalue weighted by atomic mass is 35.5. The molecule has 1 unspecified atom stereocenters. The number of halogens is 3. The molecule has 270 valence electrons. The molecule has 1 heterocycles. The number of carbonyl (C=O) groups excluding carboxylic acids is 2.